The molecule has 1 aliphatic rings. The van der Waals surface area contributed by atoms with Gasteiger partial charge in [-0.2, -0.15) is 0 Å². The smallest absolute Gasteiger partial charge is 0.344 e. The zero-order valence-corrected chi connectivity index (χ0v) is 20.9. The van der Waals surface area contributed by atoms with E-state index in [9.17, 15) is 9.90 Å². The van der Waals surface area contributed by atoms with E-state index < -0.39 is 5.97 Å². The van der Waals surface area contributed by atoms with Crippen LogP contribution in [0.15, 0.2) is 84.7 Å². The number of benzene rings is 2. The number of furan rings is 1. The first-order chi connectivity index (χ1) is 15.9. The third-order valence-electron chi connectivity index (χ3n) is 4.77. The van der Waals surface area contributed by atoms with Gasteiger partial charge in [-0.15, -0.1) is 0 Å². The topological polar surface area (TPSA) is 72.0 Å². The minimum Gasteiger partial charge on any atom is -0.506 e. The van der Waals surface area contributed by atoms with Crippen LogP contribution >= 0.6 is 39.3 Å². The molecule has 0 bridgehead atoms. The summed E-state index contributed by atoms with van der Waals surface area (Å²) in [5.74, 6) is 0.410. The number of hydrogen-bond acceptors (Lipinski definition) is 6. The van der Waals surface area contributed by atoms with Crippen molar-refractivity contribution in [2.24, 2.45) is 4.99 Å². The minimum atomic E-state index is -0.635. The highest BCUT2D eigenvalue weighted by Crippen LogP contribution is 2.41. The monoisotopic (exact) mass is 543 g/mol. The number of thioether (sulfide) groups is 1. The van der Waals surface area contributed by atoms with Crippen molar-refractivity contribution in [3.05, 3.63) is 91.7 Å². The summed E-state index contributed by atoms with van der Waals surface area (Å²) in [4.78, 5) is 17.5. The van der Waals surface area contributed by atoms with E-state index in [1.54, 1.807) is 37.3 Å². The number of aryl methyl sites for hydroxylation is 1. The highest BCUT2D eigenvalue weighted by Gasteiger charge is 2.33. The molecule has 0 aliphatic carbocycles. The van der Waals surface area contributed by atoms with E-state index in [1.807, 2.05) is 37.3 Å². The molecule has 0 atom stereocenters. The van der Waals surface area contributed by atoms with Gasteiger partial charge in [0.2, 0.25) is 0 Å². The third-order valence-corrected chi connectivity index (χ3v) is 6.93. The summed E-state index contributed by atoms with van der Waals surface area (Å²) in [7, 11) is 0. The van der Waals surface area contributed by atoms with Crippen molar-refractivity contribution >= 4 is 62.1 Å². The van der Waals surface area contributed by atoms with Crippen LogP contribution in [0.25, 0.3) is 17.4 Å². The highest BCUT2D eigenvalue weighted by molar-refractivity contribution is 9.10. The van der Waals surface area contributed by atoms with Crippen LogP contribution in [-0.4, -0.2) is 22.7 Å². The van der Waals surface area contributed by atoms with Gasteiger partial charge in [0.05, 0.1) is 17.2 Å². The second kappa shape index (κ2) is 10.0. The first kappa shape index (κ1) is 23.4. The number of aliphatic hydroxyl groups excluding tert-OH is 1. The van der Waals surface area contributed by atoms with Crippen LogP contribution in [0.4, 0.5) is 5.69 Å². The number of rotatable bonds is 5. The number of hydrogen-bond donors (Lipinski definition) is 1. The Kier molecular flexibility index (Phi) is 7.12. The quantitative estimate of drug-likeness (QED) is 0.331. The lowest BCUT2D eigenvalue weighted by Gasteiger charge is -2.03. The molecule has 0 unspecified atom stereocenters. The van der Waals surface area contributed by atoms with Gasteiger partial charge < -0.3 is 14.3 Å². The van der Waals surface area contributed by atoms with Crippen molar-refractivity contribution in [2.45, 2.75) is 13.8 Å². The molecule has 1 aromatic heterocycles. The van der Waals surface area contributed by atoms with Crippen LogP contribution in [0.1, 0.15) is 18.2 Å². The van der Waals surface area contributed by atoms with Gasteiger partial charge in [-0.25, -0.2) is 9.79 Å². The maximum atomic E-state index is 12.5. The van der Waals surface area contributed by atoms with Crippen molar-refractivity contribution in [2.75, 3.05) is 6.61 Å². The molecular formula is C25H19BrClNO4S. The van der Waals surface area contributed by atoms with Gasteiger partial charge in [-0.3, -0.25) is 0 Å². The highest BCUT2D eigenvalue weighted by atomic mass is 79.9. The van der Waals surface area contributed by atoms with Crippen molar-refractivity contribution < 1.29 is 19.1 Å². The predicted octanol–water partition coefficient (Wildman–Crippen LogP) is 7.86. The fourth-order valence-electron chi connectivity index (χ4n) is 3.14. The molecule has 0 saturated heterocycles. The number of aliphatic imine (C=N–C) groups is 1. The lowest BCUT2D eigenvalue weighted by Crippen LogP contribution is -2.12. The summed E-state index contributed by atoms with van der Waals surface area (Å²) in [6.07, 6.45) is 1.68. The molecule has 0 fully saturated rings. The number of nitrogens with zero attached hydrogens (tertiary/aromatic N) is 1. The Morgan fingerprint density at radius 3 is 2.67 bits per heavy atom. The molecule has 2 heterocycles. The molecule has 168 valence electrons. The molecule has 33 heavy (non-hydrogen) atoms. The van der Waals surface area contributed by atoms with Gasteiger partial charge in [0, 0.05) is 15.1 Å². The molecule has 0 amide bonds. The molecule has 5 nitrogen and oxygen atoms in total. The maximum Gasteiger partial charge on any atom is 0.344 e. The third kappa shape index (κ3) is 5.27. The van der Waals surface area contributed by atoms with Crippen molar-refractivity contribution in [1.82, 2.24) is 0 Å². The summed E-state index contributed by atoms with van der Waals surface area (Å²) in [6.45, 7) is 3.90. The van der Waals surface area contributed by atoms with Gasteiger partial charge in [0.1, 0.15) is 27.9 Å². The molecule has 1 aliphatic heterocycles. The molecule has 8 heteroatoms. The van der Waals surface area contributed by atoms with E-state index in [2.05, 4.69) is 20.9 Å². The van der Waals surface area contributed by atoms with E-state index in [0.717, 1.165) is 15.6 Å². The zero-order chi connectivity index (χ0) is 23.5. The van der Waals surface area contributed by atoms with Crippen molar-refractivity contribution in [3.63, 3.8) is 0 Å². The number of esters is 1. The van der Waals surface area contributed by atoms with Gasteiger partial charge in [-0.1, -0.05) is 45.4 Å². The largest absolute Gasteiger partial charge is 0.506 e. The van der Waals surface area contributed by atoms with Crippen LogP contribution < -0.4 is 0 Å². The lowest BCUT2D eigenvalue weighted by molar-refractivity contribution is -0.138. The molecule has 3 aromatic rings. The first-order valence-electron chi connectivity index (χ1n) is 10.1. The summed E-state index contributed by atoms with van der Waals surface area (Å²) >= 11 is 10.6. The van der Waals surface area contributed by atoms with Gasteiger partial charge in [-0.05, 0) is 74.0 Å². The molecule has 4 rings (SSSR count). The second-order valence-electron chi connectivity index (χ2n) is 7.11. The van der Waals surface area contributed by atoms with E-state index >= 15 is 0 Å². The number of ether oxygens (including phenoxy) is 1. The maximum absolute atomic E-state index is 12.5. The van der Waals surface area contributed by atoms with Crippen LogP contribution in [-0.2, 0) is 9.53 Å². The average molecular weight is 545 g/mol. The van der Waals surface area contributed by atoms with E-state index in [1.165, 1.54) is 11.8 Å². The average Bonchev–Trinajstić information content (AvgIpc) is 3.37. The Bertz CT molecular complexity index is 1310. The Morgan fingerprint density at radius 2 is 1.97 bits per heavy atom. The number of aliphatic hydroxyl groups is 1. The number of halogens is 2. The lowest BCUT2D eigenvalue weighted by atomic mass is 10.1. The Morgan fingerprint density at radius 1 is 1.21 bits per heavy atom. The van der Waals surface area contributed by atoms with Gasteiger partial charge in [0.15, 0.2) is 0 Å². The fourth-order valence-corrected chi connectivity index (χ4v) is 4.53. The van der Waals surface area contributed by atoms with Crippen LogP contribution in [0.3, 0.4) is 0 Å². The fraction of sp³-hybridized carbons (Fsp3) is 0.120. The predicted molar refractivity (Wildman–Crippen MR) is 137 cm³/mol. The van der Waals surface area contributed by atoms with E-state index in [0.29, 0.717) is 32.2 Å². The molecule has 1 N–H and O–H groups in total. The normalized spacial score (nSPS) is 16.1. The van der Waals surface area contributed by atoms with Crippen molar-refractivity contribution in [1.29, 1.82) is 0 Å². The van der Waals surface area contributed by atoms with Crippen LogP contribution in [0.5, 0.6) is 0 Å². The van der Waals surface area contributed by atoms with Gasteiger partial charge >= 0.3 is 5.97 Å². The number of carbonyl (C=O) groups is 1. The molecule has 0 spiro atoms. The van der Waals surface area contributed by atoms with E-state index in [-0.39, 0.29) is 17.9 Å². The van der Waals surface area contributed by atoms with Gasteiger partial charge in [0.25, 0.3) is 0 Å². The standard InChI is InChI=1S/C25H19BrClNO4S/c1-3-31-25(30)22-23(29)21(33-24(22)28-17-7-5-16(27)6-8-17)13-18-9-11-20(32-18)15-4-10-19(26)14(2)12-15/h4-13,29H,3H2,1-2H3/b21-13-,28-24?. The summed E-state index contributed by atoms with van der Waals surface area (Å²) in [5, 5.41) is 11.8. The molecule has 0 radical (unpaired) electrons. The minimum absolute atomic E-state index is 0.0263. The Hall–Kier alpha value is -2.74. The first-order valence-corrected chi connectivity index (χ1v) is 12.1. The molecular weight excluding hydrogens is 526 g/mol. The van der Waals surface area contributed by atoms with Crippen molar-refractivity contribution in [3.8, 4) is 11.3 Å². The summed E-state index contributed by atoms with van der Waals surface area (Å²) in [6, 6.07) is 16.5. The Balaban J connectivity index is 1.69. The van der Waals surface area contributed by atoms with Crippen LogP contribution in [0, 0.1) is 6.92 Å². The summed E-state index contributed by atoms with van der Waals surface area (Å²) in [5.41, 5.74) is 2.66. The second-order valence-corrected chi connectivity index (χ2v) is 9.44. The molecule has 2 aromatic carbocycles. The SMILES string of the molecule is CCOC(=O)C1=C(O)/C(=C/c2ccc(-c3ccc(Br)c(C)c3)o2)SC1=Nc1ccc(Cl)cc1. The number of carbonyl (C=O) groups excluding carboxylic acids is 1. The zero-order valence-electron chi connectivity index (χ0n) is 17.8. The Labute approximate surface area is 208 Å². The summed E-state index contributed by atoms with van der Waals surface area (Å²) < 4.78 is 12.1. The molecule has 0 saturated carbocycles. The van der Waals surface area contributed by atoms with E-state index in [4.69, 9.17) is 20.8 Å². The van der Waals surface area contributed by atoms with Crippen LogP contribution in [0.2, 0.25) is 5.02 Å².